The third kappa shape index (κ3) is 3.70. The van der Waals surface area contributed by atoms with E-state index in [0.717, 1.165) is 42.0 Å². The second-order valence-corrected chi connectivity index (χ2v) is 6.25. The van der Waals surface area contributed by atoms with Gasteiger partial charge in [0.25, 0.3) is 0 Å². The molecule has 1 unspecified atom stereocenters. The highest BCUT2D eigenvalue weighted by Crippen LogP contribution is 2.30. The predicted molar refractivity (Wildman–Crippen MR) is 93.6 cm³/mol. The predicted octanol–water partition coefficient (Wildman–Crippen LogP) is 3.90. The van der Waals surface area contributed by atoms with E-state index >= 15 is 0 Å². The van der Waals surface area contributed by atoms with E-state index in [1.165, 1.54) is 17.7 Å². The maximum Gasteiger partial charge on any atom is 0.131 e. The van der Waals surface area contributed by atoms with Gasteiger partial charge in [0.1, 0.15) is 11.6 Å². The van der Waals surface area contributed by atoms with Crippen molar-refractivity contribution in [3.8, 4) is 11.3 Å². The van der Waals surface area contributed by atoms with Crippen LogP contribution < -0.4 is 5.32 Å². The minimum absolute atomic E-state index is 0. The molecule has 0 saturated carbocycles. The minimum atomic E-state index is -0.217. The Hall–Kier alpha value is -1.52. The number of likely N-dealkylation sites (N-methyl/N-ethyl adjacent to an activating group) is 1. The SMILES string of the molecule is CNC1CCc2c(nc(C(C)C)nc2-c2ccc(F)cc2)C1.Cl. The minimum Gasteiger partial charge on any atom is -0.317 e. The van der Waals surface area contributed by atoms with E-state index < -0.39 is 0 Å². The fourth-order valence-corrected chi connectivity index (χ4v) is 2.99. The maximum atomic E-state index is 13.2. The number of fused-ring (bicyclic) bond motifs is 1. The Morgan fingerprint density at radius 2 is 1.87 bits per heavy atom. The average Bonchev–Trinajstić information content (AvgIpc) is 2.54. The molecule has 1 aromatic carbocycles. The third-order valence-corrected chi connectivity index (χ3v) is 4.33. The van der Waals surface area contributed by atoms with Crippen LogP contribution in [0, 0.1) is 5.82 Å². The lowest BCUT2D eigenvalue weighted by Crippen LogP contribution is -2.33. The van der Waals surface area contributed by atoms with Gasteiger partial charge in [0.05, 0.1) is 5.69 Å². The quantitative estimate of drug-likeness (QED) is 0.924. The first-order valence-corrected chi connectivity index (χ1v) is 7.91. The number of nitrogens with zero attached hydrogens (tertiary/aromatic N) is 2. The van der Waals surface area contributed by atoms with Crippen LogP contribution in [0.5, 0.6) is 0 Å². The molecule has 0 fully saturated rings. The van der Waals surface area contributed by atoms with Crippen LogP contribution in [-0.4, -0.2) is 23.1 Å². The van der Waals surface area contributed by atoms with Crippen molar-refractivity contribution in [1.82, 2.24) is 15.3 Å². The van der Waals surface area contributed by atoms with Crippen LogP contribution >= 0.6 is 12.4 Å². The Morgan fingerprint density at radius 3 is 2.48 bits per heavy atom. The number of halogens is 2. The van der Waals surface area contributed by atoms with Crippen LogP contribution in [0.2, 0.25) is 0 Å². The van der Waals surface area contributed by atoms with E-state index in [1.54, 1.807) is 0 Å². The van der Waals surface area contributed by atoms with Crippen molar-refractivity contribution in [2.75, 3.05) is 7.05 Å². The summed E-state index contributed by atoms with van der Waals surface area (Å²) in [5.74, 6) is 0.931. The van der Waals surface area contributed by atoms with Gasteiger partial charge in [0.15, 0.2) is 0 Å². The summed E-state index contributed by atoms with van der Waals surface area (Å²) < 4.78 is 13.2. The Labute approximate surface area is 143 Å². The monoisotopic (exact) mass is 335 g/mol. The first-order chi connectivity index (χ1) is 10.6. The van der Waals surface area contributed by atoms with Gasteiger partial charge >= 0.3 is 0 Å². The zero-order chi connectivity index (χ0) is 15.7. The Kier molecular flexibility index (Phi) is 5.71. The Balaban J connectivity index is 0.00000192. The molecule has 0 spiro atoms. The molecule has 1 heterocycles. The largest absolute Gasteiger partial charge is 0.317 e. The molecule has 1 N–H and O–H groups in total. The van der Waals surface area contributed by atoms with E-state index in [-0.39, 0.29) is 24.1 Å². The van der Waals surface area contributed by atoms with Crippen LogP contribution in [0.15, 0.2) is 24.3 Å². The second kappa shape index (κ2) is 7.37. The van der Waals surface area contributed by atoms with Crippen molar-refractivity contribution < 1.29 is 4.39 Å². The second-order valence-electron chi connectivity index (χ2n) is 6.25. The van der Waals surface area contributed by atoms with Gasteiger partial charge in [-0.15, -0.1) is 12.4 Å². The van der Waals surface area contributed by atoms with Crippen LogP contribution in [0.25, 0.3) is 11.3 Å². The van der Waals surface area contributed by atoms with E-state index in [2.05, 4.69) is 19.2 Å². The first kappa shape index (κ1) is 17.8. The summed E-state index contributed by atoms with van der Waals surface area (Å²) in [5, 5.41) is 3.35. The van der Waals surface area contributed by atoms with Gasteiger partial charge in [0.2, 0.25) is 0 Å². The van der Waals surface area contributed by atoms with Gasteiger partial charge < -0.3 is 5.32 Å². The van der Waals surface area contributed by atoms with Crippen molar-refractivity contribution in [2.45, 2.75) is 45.1 Å². The summed E-state index contributed by atoms with van der Waals surface area (Å²) in [5.41, 5.74) is 4.32. The van der Waals surface area contributed by atoms with Crippen molar-refractivity contribution in [1.29, 1.82) is 0 Å². The summed E-state index contributed by atoms with van der Waals surface area (Å²) in [6.07, 6.45) is 2.98. The molecule has 1 aliphatic carbocycles. The Bertz CT molecular complexity index is 671. The molecule has 1 aromatic heterocycles. The molecule has 2 aromatic rings. The van der Waals surface area contributed by atoms with Crippen molar-refractivity contribution in [3.63, 3.8) is 0 Å². The van der Waals surface area contributed by atoms with Crippen molar-refractivity contribution in [3.05, 3.63) is 47.2 Å². The molecule has 23 heavy (non-hydrogen) atoms. The molecule has 1 atom stereocenters. The number of hydrogen-bond donors (Lipinski definition) is 1. The van der Waals surface area contributed by atoms with Crippen molar-refractivity contribution >= 4 is 12.4 Å². The van der Waals surface area contributed by atoms with Crippen LogP contribution in [0.3, 0.4) is 0 Å². The van der Waals surface area contributed by atoms with Crippen LogP contribution in [0.4, 0.5) is 4.39 Å². The molecule has 0 saturated heterocycles. The van der Waals surface area contributed by atoms with Crippen LogP contribution in [0.1, 0.15) is 43.3 Å². The van der Waals surface area contributed by atoms with Gasteiger partial charge in [-0.1, -0.05) is 13.8 Å². The molecule has 0 amide bonds. The van der Waals surface area contributed by atoms with E-state index in [0.29, 0.717) is 6.04 Å². The molecule has 1 aliphatic rings. The topological polar surface area (TPSA) is 37.8 Å². The zero-order valence-corrected chi connectivity index (χ0v) is 14.6. The van der Waals surface area contributed by atoms with E-state index in [9.17, 15) is 4.39 Å². The molecule has 124 valence electrons. The zero-order valence-electron chi connectivity index (χ0n) is 13.8. The molecule has 3 rings (SSSR count). The number of rotatable bonds is 3. The number of hydrogen-bond acceptors (Lipinski definition) is 3. The maximum absolute atomic E-state index is 13.2. The van der Waals surface area contributed by atoms with Gasteiger partial charge in [0, 0.05) is 35.2 Å². The fraction of sp³-hybridized carbons (Fsp3) is 0.444. The van der Waals surface area contributed by atoms with Crippen molar-refractivity contribution in [2.24, 2.45) is 0 Å². The lowest BCUT2D eigenvalue weighted by molar-refractivity contribution is 0.485. The summed E-state index contributed by atoms with van der Waals surface area (Å²) >= 11 is 0. The number of aromatic nitrogens is 2. The summed E-state index contributed by atoms with van der Waals surface area (Å²) in [4.78, 5) is 9.57. The van der Waals surface area contributed by atoms with E-state index in [4.69, 9.17) is 9.97 Å². The summed E-state index contributed by atoms with van der Waals surface area (Å²) in [6, 6.07) is 7.10. The van der Waals surface area contributed by atoms with Gasteiger partial charge in [-0.05, 0) is 44.2 Å². The van der Waals surface area contributed by atoms with Gasteiger partial charge in [-0.25, -0.2) is 14.4 Å². The lowest BCUT2D eigenvalue weighted by atomic mass is 9.89. The molecule has 5 heteroatoms. The standard InChI is InChI=1S/C18H22FN3.ClH/c1-11(2)18-21-16-10-14(20-3)8-9-15(16)17(22-18)12-4-6-13(19)7-5-12;/h4-7,11,14,20H,8-10H2,1-3H3;1H. The number of benzene rings is 1. The highest BCUT2D eigenvalue weighted by atomic mass is 35.5. The summed E-state index contributed by atoms with van der Waals surface area (Å²) in [6.45, 7) is 4.21. The molecule has 0 bridgehead atoms. The number of nitrogens with one attached hydrogen (secondary N) is 1. The van der Waals surface area contributed by atoms with Gasteiger partial charge in [-0.3, -0.25) is 0 Å². The summed E-state index contributed by atoms with van der Waals surface area (Å²) in [7, 11) is 2.00. The molecular weight excluding hydrogens is 313 g/mol. The van der Waals surface area contributed by atoms with E-state index in [1.807, 2.05) is 19.2 Å². The van der Waals surface area contributed by atoms with Crippen LogP contribution in [-0.2, 0) is 12.8 Å². The first-order valence-electron chi connectivity index (χ1n) is 7.91. The third-order valence-electron chi connectivity index (χ3n) is 4.33. The molecule has 0 aliphatic heterocycles. The fourth-order valence-electron chi connectivity index (χ4n) is 2.99. The molecular formula is C18H23ClFN3. The molecule has 3 nitrogen and oxygen atoms in total. The Morgan fingerprint density at radius 1 is 1.17 bits per heavy atom. The highest BCUT2D eigenvalue weighted by molar-refractivity contribution is 5.85. The van der Waals surface area contributed by atoms with Gasteiger partial charge in [-0.2, -0.15) is 0 Å². The smallest absolute Gasteiger partial charge is 0.131 e. The normalized spacial score (nSPS) is 16.8. The average molecular weight is 336 g/mol. The highest BCUT2D eigenvalue weighted by Gasteiger charge is 2.24. The lowest BCUT2D eigenvalue weighted by Gasteiger charge is -2.26. The molecule has 0 radical (unpaired) electrons.